The topological polar surface area (TPSA) is 83.5 Å². The molecule has 1 unspecified atom stereocenters. The zero-order valence-electron chi connectivity index (χ0n) is 10.7. The number of rotatable bonds is 4. The van der Waals surface area contributed by atoms with Gasteiger partial charge in [-0.15, -0.1) is 0 Å². The lowest BCUT2D eigenvalue weighted by molar-refractivity contribution is -0.248. The van der Waals surface area contributed by atoms with Gasteiger partial charge in [-0.25, -0.2) is 13.2 Å². The molecule has 1 aromatic rings. The molecule has 24 heavy (non-hydrogen) atoms. The van der Waals surface area contributed by atoms with E-state index in [4.69, 9.17) is 0 Å². The third-order valence-electron chi connectivity index (χ3n) is 2.37. The zero-order chi connectivity index (χ0) is 19.1. The van der Waals surface area contributed by atoms with E-state index in [1.807, 2.05) is 0 Å². The molecule has 5 nitrogen and oxygen atoms in total. The lowest BCUT2D eigenvalue weighted by Crippen LogP contribution is -2.52. The van der Waals surface area contributed by atoms with E-state index in [-0.39, 0.29) is 3.57 Å². The zero-order valence-corrected chi connectivity index (χ0v) is 18.0. The van der Waals surface area contributed by atoms with Gasteiger partial charge in [0.2, 0.25) is 0 Å². The predicted molar refractivity (Wildman–Crippen MR) is 94.5 cm³/mol. The molecule has 0 aliphatic heterocycles. The van der Waals surface area contributed by atoms with E-state index in [9.17, 15) is 39.7 Å². The first kappa shape index (κ1) is 22.5. The largest absolute Gasteiger partial charge is 0.743 e. The minimum atomic E-state index is -6.72. The Morgan fingerprint density at radius 1 is 1.12 bits per heavy atom. The highest BCUT2D eigenvalue weighted by molar-refractivity contribution is 14.1. The van der Waals surface area contributed by atoms with Gasteiger partial charge in [0.25, 0.3) is 6.10 Å². The molecule has 0 aliphatic carbocycles. The van der Waals surface area contributed by atoms with Gasteiger partial charge in [-0.1, -0.05) is 0 Å². The fourth-order valence-electron chi connectivity index (χ4n) is 1.33. The van der Waals surface area contributed by atoms with E-state index in [2.05, 4.69) is 4.74 Å². The summed E-state index contributed by atoms with van der Waals surface area (Å²) in [6.07, 6.45) is -10.4. The van der Waals surface area contributed by atoms with E-state index in [1.54, 1.807) is 73.8 Å². The van der Waals surface area contributed by atoms with Gasteiger partial charge < -0.3 is 9.29 Å². The van der Waals surface area contributed by atoms with Crippen LogP contribution in [0.3, 0.4) is 0 Å². The van der Waals surface area contributed by atoms with Crippen LogP contribution in [0.25, 0.3) is 0 Å². The first-order valence-corrected chi connectivity index (χ1v) is 9.99. The van der Waals surface area contributed by atoms with E-state index in [1.165, 1.54) is 0 Å². The van der Waals surface area contributed by atoms with Crippen LogP contribution < -0.4 is 0 Å². The number of esters is 1. The van der Waals surface area contributed by atoms with Crippen molar-refractivity contribution < 1.29 is 44.5 Å². The maximum Gasteiger partial charge on any atom is 0.432 e. The van der Waals surface area contributed by atoms with Gasteiger partial charge in [0.1, 0.15) is 0 Å². The molecule has 0 saturated heterocycles. The Balaban J connectivity index is 3.35. The number of alkyl halides is 5. The monoisotopic (exact) mass is 711 g/mol. The van der Waals surface area contributed by atoms with E-state index in [0.29, 0.717) is 7.14 Å². The van der Waals surface area contributed by atoms with Crippen LogP contribution in [-0.2, 0) is 14.9 Å². The first-order chi connectivity index (χ1) is 10.6. The van der Waals surface area contributed by atoms with Crippen molar-refractivity contribution in [1.29, 1.82) is 0 Å². The van der Waals surface area contributed by atoms with Crippen LogP contribution in [-0.4, -0.2) is 36.5 Å². The quantitative estimate of drug-likeness (QED) is 0.157. The second kappa shape index (κ2) is 7.59. The Labute approximate surface area is 172 Å². The van der Waals surface area contributed by atoms with Gasteiger partial charge >= 0.3 is 17.4 Å². The van der Waals surface area contributed by atoms with Gasteiger partial charge in [-0.3, -0.25) is 0 Å². The highest BCUT2D eigenvalue weighted by Gasteiger charge is 2.63. The Morgan fingerprint density at radius 2 is 1.62 bits per heavy atom. The van der Waals surface area contributed by atoms with Crippen molar-refractivity contribution in [2.24, 2.45) is 0 Å². The van der Waals surface area contributed by atoms with Gasteiger partial charge in [0, 0.05) is 10.7 Å². The number of halogens is 8. The number of benzene rings is 1. The van der Waals surface area contributed by atoms with Crippen LogP contribution in [0.1, 0.15) is 10.4 Å². The third-order valence-corrected chi connectivity index (χ3v) is 6.92. The fraction of sp³-hybridized carbons (Fsp3) is 0.300. The second-order valence-corrected chi connectivity index (χ2v) is 9.03. The Bertz CT molecular complexity index is 765. The molecule has 0 bridgehead atoms. The van der Waals surface area contributed by atoms with Crippen molar-refractivity contribution in [1.82, 2.24) is 0 Å². The molecule has 0 heterocycles. The molecule has 0 spiro atoms. The second-order valence-electron chi connectivity index (χ2n) is 4.09. The van der Waals surface area contributed by atoms with Crippen LogP contribution in [0.2, 0.25) is 0 Å². The van der Waals surface area contributed by atoms with Crippen molar-refractivity contribution in [2.45, 2.75) is 17.5 Å². The first-order valence-electron chi connectivity index (χ1n) is 5.34. The Morgan fingerprint density at radius 3 is 2.04 bits per heavy atom. The molecule has 0 aromatic heterocycles. The van der Waals surface area contributed by atoms with Gasteiger partial charge in [0.05, 0.1) is 5.56 Å². The fourth-order valence-corrected chi connectivity index (χ4v) is 4.15. The molecular weight excluding hydrogens is 708 g/mol. The number of hydrogen-bond acceptors (Lipinski definition) is 5. The number of carbonyl (C=O) groups excluding carboxylic acids is 1. The van der Waals surface area contributed by atoms with Crippen LogP contribution in [0.5, 0.6) is 0 Å². The molecule has 1 rings (SSSR count). The molecular formula is C10H3F5I3O5S-. The van der Waals surface area contributed by atoms with E-state index >= 15 is 0 Å². The normalized spacial score (nSPS) is 14.4. The van der Waals surface area contributed by atoms with Crippen molar-refractivity contribution >= 4 is 83.9 Å². The average molecular weight is 711 g/mol. The summed E-state index contributed by atoms with van der Waals surface area (Å²) in [5, 5.41) is -5.87. The minimum absolute atomic E-state index is 0.118. The molecule has 0 aliphatic rings. The molecule has 1 aromatic carbocycles. The third kappa shape index (κ3) is 5.00. The van der Waals surface area contributed by atoms with Crippen molar-refractivity contribution in [2.75, 3.05) is 0 Å². The molecule has 0 radical (unpaired) electrons. The summed E-state index contributed by atoms with van der Waals surface area (Å²) >= 11 is 5.06. The predicted octanol–water partition coefficient (Wildman–Crippen LogP) is 3.73. The van der Waals surface area contributed by atoms with Crippen LogP contribution in [0, 0.1) is 10.7 Å². The van der Waals surface area contributed by atoms with Gasteiger partial charge in [0.15, 0.2) is 10.1 Å². The summed E-state index contributed by atoms with van der Waals surface area (Å²) in [4.78, 5) is 11.8. The lowest BCUT2D eigenvalue weighted by Gasteiger charge is -2.29. The highest BCUT2D eigenvalue weighted by Crippen LogP contribution is 2.38. The van der Waals surface area contributed by atoms with Crippen LogP contribution in [0.15, 0.2) is 12.1 Å². The SMILES string of the molecule is O=C(OC(C(F)(F)F)C(F)(F)S(=O)(=O)[O-])c1cc(I)cc(I)c1I. The maximum atomic E-state index is 13.3. The summed E-state index contributed by atoms with van der Waals surface area (Å²) < 4.78 is 101. The van der Waals surface area contributed by atoms with E-state index in [0.717, 1.165) is 6.07 Å². The molecule has 0 N–H and O–H groups in total. The number of hydrogen-bond donors (Lipinski definition) is 0. The van der Waals surface area contributed by atoms with Crippen molar-refractivity contribution in [3.05, 3.63) is 28.4 Å². The molecule has 14 heteroatoms. The number of carbonyl (C=O) groups is 1. The average Bonchev–Trinajstić information content (AvgIpc) is 2.36. The maximum absolute atomic E-state index is 13.3. The summed E-state index contributed by atoms with van der Waals surface area (Å²) in [5.74, 6) is -1.83. The summed E-state index contributed by atoms with van der Waals surface area (Å²) in [6, 6.07) is 2.63. The van der Waals surface area contributed by atoms with Crippen LogP contribution in [0.4, 0.5) is 22.0 Å². The van der Waals surface area contributed by atoms with Crippen LogP contribution >= 0.6 is 67.8 Å². The van der Waals surface area contributed by atoms with Gasteiger partial charge in [-0.2, -0.15) is 22.0 Å². The highest BCUT2D eigenvalue weighted by atomic mass is 127. The summed E-state index contributed by atoms with van der Waals surface area (Å²) in [7, 11) is -6.72. The molecule has 0 fully saturated rings. The Hall–Kier alpha value is 0.440. The van der Waals surface area contributed by atoms with Gasteiger partial charge in [-0.05, 0) is 79.9 Å². The number of ether oxygens (including phenoxy) is 1. The van der Waals surface area contributed by atoms with Crippen molar-refractivity contribution in [3.63, 3.8) is 0 Å². The minimum Gasteiger partial charge on any atom is -0.743 e. The van der Waals surface area contributed by atoms with Crippen molar-refractivity contribution in [3.8, 4) is 0 Å². The summed E-state index contributed by atoms with van der Waals surface area (Å²) in [6.45, 7) is 0. The smallest absolute Gasteiger partial charge is 0.432 e. The standard InChI is InChI=1S/C10H4F5I3O5S/c11-9(12,13)8(10(14,15)24(20,21)22)23-7(19)4-1-3(16)2-5(17)6(4)18/h1-2,8H,(H,20,21,22)/p-1. The lowest BCUT2D eigenvalue weighted by atomic mass is 10.2. The molecule has 0 saturated carbocycles. The van der Waals surface area contributed by atoms with E-state index < -0.39 is 39.2 Å². The molecule has 136 valence electrons. The summed E-state index contributed by atoms with van der Waals surface area (Å²) in [5.41, 5.74) is -0.472. The Kier molecular flexibility index (Phi) is 7.11. The molecule has 1 atom stereocenters. The molecule has 0 amide bonds.